The Kier molecular flexibility index (Phi) is 3.33. The molecule has 0 aliphatic rings. The van der Waals surface area contributed by atoms with Gasteiger partial charge in [0.1, 0.15) is 5.60 Å². The molecule has 2 heterocycles. The standard InChI is InChI=1S/C13H15N3O2S/c1-8-6-9-11(19-8)12(14-5)15-16(9)7-10(17)18-13(2,3)4/h6H,7H2,1-4H3. The zero-order chi connectivity index (χ0) is 14.2. The summed E-state index contributed by atoms with van der Waals surface area (Å²) in [4.78, 5) is 16.3. The molecule has 0 saturated heterocycles. The molecule has 0 aliphatic heterocycles. The van der Waals surface area contributed by atoms with E-state index in [-0.39, 0.29) is 12.5 Å². The summed E-state index contributed by atoms with van der Waals surface area (Å²) in [6, 6.07) is 1.94. The summed E-state index contributed by atoms with van der Waals surface area (Å²) in [5, 5.41) is 4.15. The van der Waals surface area contributed by atoms with E-state index < -0.39 is 5.60 Å². The van der Waals surface area contributed by atoms with Gasteiger partial charge in [-0.3, -0.25) is 0 Å². The van der Waals surface area contributed by atoms with Crippen molar-refractivity contribution in [2.75, 3.05) is 0 Å². The van der Waals surface area contributed by atoms with E-state index in [2.05, 4.69) is 9.94 Å². The number of hydrogen-bond donors (Lipinski definition) is 0. The summed E-state index contributed by atoms with van der Waals surface area (Å²) in [6.07, 6.45) is 0. The van der Waals surface area contributed by atoms with E-state index in [9.17, 15) is 4.79 Å². The van der Waals surface area contributed by atoms with Crippen molar-refractivity contribution < 1.29 is 9.53 Å². The van der Waals surface area contributed by atoms with Crippen molar-refractivity contribution in [2.45, 2.75) is 39.8 Å². The van der Waals surface area contributed by atoms with Crippen molar-refractivity contribution in [2.24, 2.45) is 0 Å². The highest BCUT2D eigenvalue weighted by molar-refractivity contribution is 7.19. The molecule has 0 N–H and O–H groups in total. The number of esters is 1. The number of rotatable bonds is 2. The van der Waals surface area contributed by atoms with Gasteiger partial charge in [-0.05, 0) is 38.9 Å². The van der Waals surface area contributed by atoms with Gasteiger partial charge in [0.25, 0.3) is 0 Å². The van der Waals surface area contributed by atoms with E-state index in [0.29, 0.717) is 5.82 Å². The molecular weight excluding hydrogens is 262 g/mol. The van der Waals surface area contributed by atoms with Crippen molar-refractivity contribution >= 4 is 33.3 Å². The quantitative estimate of drug-likeness (QED) is 0.625. The summed E-state index contributed by atoms with van der Waals surface area (Å²) in [5.41, 5.74) is 0.302. The molecule has 0 atom stereocenters. The van der Waals surface area contributed by atoms with Gasteiger partial charge in [-0.2, -0.15) is 4.68 Å². The smallest absolute Gasteiger partial charge is 0.330 e. The maximum absolute atomic E-state index is 11.8. The fourth-order valence-corrected chi connectivity index (χ4v) is 2.70. The van der Waals surface area contributed by atoms with Gasteiger partial charge in [-0.1, -0.05) is 6.57 Å². The van der Waals surface area contributed by atoms with E-state index in [1.165, 1.54) is 11.3 Å². The van der Waals surface area contributed by atoms with Crippen LogP contribution in [0, 0.1) is 13.5 Å². The third-order valence-corrected chi connectivity index (χ3v) is 3.37. The third-order valence-electron chi connectivity index (χ3n) is 2.34. The third kappa shape index (κ3) is 2.93. The number of carbonyl (C=O) groups excluding carboxylic acids is 1. The molecule has 0 saturated carbocycles. The summed E-state index contributed by atoms with van der Waals surface area (Å²) >= 11 is 1.52. The van der Waals surface area contributed by atoms with Crippen molar-refractivity contribution in [3.05, 3.63) is 22.4 Å². The lowest BCUT2D eigenvalue weighted by Crippen LogP contribution is -2.26. The number of hydrogen-bond acceptors (Lipinski definition) is 4. The summed E-state index contributed by atoms with van der Waals surface area (Å²) in [7, 11) is 0. The number of aromatic nitrogens is 2. The zero-order valence-corrected chi connectivity index (χ0v) is 12.2. The second-order valence-corrected chi connectivity index (χ2v) is 6.51. The second kappa shape index (κ2) is 4.67. The summed E-state index contributed by atoms with van der Waals surface area (Å²) in [6.45, 7) is 14.6. The number of aryl methyl sites for hydroxylation is 1. The summed E-state index contributed by atoms with van der Waals surface area (Å²) < 4.78 is 7.64. The van der Waals surface area contributed by atoms with Gasteiger partial charge >= 0.3 is 11.8 Å². The first kappa shape index (κ1) is 13.6. The molecule has 5 nitrogen and oxygen atoms in total. The van der Waals surface area contributed by atoms with Crippen LogP contribution in [0.25, 0.3) is 15.1 Å². The normalized spacial score (nSPS) is 11.5. The lowest BCUT2D eigenvalue weighted by Gasteiger charge is -2.18. The van der Waals surface area contributed by atoms with E-state index in [1.54, 1.807) is 4.68 Å². The number of nitrogens with zero attached hydrogens (tertiary/aromatic N) is 3. The van der Waals surface area contributed by atoms with Crippen LogP contribution in [-0.2, 0) is 16.1 Å². The summed E-state index contributed by atoms with van der Waals surface area (Å²) in [5.74, 6) is -0.00561. The fourth-order valence-electron chi connectivity index (χ4n) is 1.76. The average molecular weight is 277 g/mol. The first-order chi connectivity index (χ1) is 8.80. The SMILES string of the molecule is [C-]#[N+]c1nn(CC(=O)OC(C)(C)C)c2cc(C)sc12. The van der Waals surface area contributed by atoms with Gasteiger partial charge < -0.3 is 9.58 Å². The first-order valence-corrected chi connectivity index (χ1v) is 6.68. The molecule has 0 bridgehead atoms. The number of thiophene rings is 1. The Bertz CT molecular complexity index is 670. The van der Waals surface area contributed by atoms with Crippen LogP contribution in [0.2, 0.25) is 0 Å². The molecule has 2 rings (SSSR count). The second-order valence-electron chi connectivity index (χ2n) is 5.25. The Labute approximate surface area is 115 Å². The topological polar surface area (TPSA) is 48.5 Å². The molecule has 0 unspecified atom stereocenters. The van der Waals surface area contributed by atoms with E-state index in [4.69, 9.17) is 11.3 Å². The molecule has 0 aliphatic carbocycles. The Hall–Kier alpha value is -1.87. The van der Waals surface area contributed by atoms with Crippen LogP contribution >= 0.6 is 11.3 Å². The highest BCUT2D eigenvalue weighted by atomic mass is 32.1. The van der Waals surface area contributed by atoms with Gasteiger partial charge in [-0.25, -0.2) is 4.79 Å². The monoisotopic (exact) mass is 277 g/mol. The Morgan fingerprint density at radius 3 is 2.84 bits per heavy atom. The highest BCUT2D eigenvalue weighted by Crippen LogP contribution is 2.33. The predicted octanol–water partition coefficient (Wildman–Crippen LogP) is 3.30. The minimum absolute atomic E-state index is 0.0272. The number of fused-ring (bicyclic) bond motifs is 1. The van der Waals surface area contributed by atoms with Crippen molar-refractivity contribution in [3.8, 4) is 0 Å². The van der Waals surface area contributed by atoms with E-state index in [0.717, 1.165) is 15.1 Å². The predicted molar refractivity (Wildman–Crippen MR) is 74.5 cm³/mol. The Morgan fingerprint density at radius 2 is 2.26 bits per heavy atom. The maximum Gasteiger partial charge on any atom is 0.330 e. The average Bonchev–Trinajstić information content (AvgIpc) is 2.75. The van der Waals surface area contributed by atoms with Crippen LogP contribution in [0.3, 0.4) is 0 Å². The van der Waals surface area contributed by atoms with Crippen LogP contribution in [0.5, 0.6) is 0 Å². The Balaban J connectivity index is 2.31. The number of carbonyl (C=O) groups is 1. The number of ether oxygens (including phenoxy) is 1. The minimum atomic E-state index is -0.517. The van der Waals surface area contributed by atoms with Gasteiger partial charge in [0, 0.05) is 4.88 Å². The minimum Gasteiger partial charge on any atom is -0.459 e. The van der Waals surface area contributed by atoms with Crippen LogP contribution in [0.1, 0.15) is 25.6 Å². The van der Waals surface area contributed by atoms with E-state index in [1.807, 2.05) is 33.8 Å². The van der Waals surface area contributed by atoms with Crippen LogP contribution in [-0.4, -0.2) is 21.4 Å². The molecule has 2 aromatic heterocycles. The van der Waals surface area contributed by atoms with Crippen LogP contribution in [0.15, 0.2) is 6.07 Å². The van der Waals surface area contributed by atoms with Crippen molar-refractivity contribution in [1.29, 1.82) is 0 Å². The van der Waals surface area contributed by atoms with Gasteiger partial charge in [0.05, 0.1) is 10.2 Å². The molecule has 100 valence electrons. The highest BCUT2D eigenvalue weighted by Gasteiger charge is 2.21. The zero-order valence-electron chi connectivity index (χ0n) is 11.4. The molecule has 2 aromatic rings. The van der Waals surface area contributed by atoms with Crippen molar-refractivity contribution in [1.82, 2.24) is 9.78 Å². The molecule has 19 heavy (non-hydrogen) atoms. The van der Waals surface area contributed by atoms with Crippen LogP contribution < -0.4 is 0 Å². The largest absolute Gasteiger partial charge is 0.459 e. The molecule has 0 aromatic carbocycles. The van der Waals surface area contributed by atoms with E-state index >= 15 is 0 Å². The first-order valence-electron chi connectivity index (χ1n) is 5.86. The van der Waals surface area contributed by atoms with Gasteiger partial charge in [0.2, 0.25) is 0 Å². The molecule has 0 spiro atoms. The van der Waals surface area contributed by atoms with Gasteiger partial charge in [-0.15, -0.1) is 11.3 Å². The lowest BCUT2D eigenvalue weighted by molar-refractivity contribution is -0.155. The maximum atomic E-state index is 11.8. The van der Waals surface area contributed by atoms with Crippen LogP contribution in [0.4, 0.5) is 5.82 Å². The molecular formula is C13H15N3O2S. The molecule has 0 radical (unpaired) electrons. The molecule has 6 heteroatoms. The lowest BCUT2D eigenvalue weighted by atomic mass is 10.2. The molecule has 0 fully saturated rings. The van der Waals surface area contributed by atoms with Gasteiger partial charge in [0.15, 0.2) is 6.54 Å². The molecule has 0 amide bonds. The van der Waals surface area contributed by atoms with Crippen molar-refractivity contribution in [3.63, 3.8) is 0 Å². The Morgan fingerprint density at radius 1 is 1.58 bits per heavy atom. The fraction of sp³-hybridized carbons (Fsp3) is 0.462.